The molecule has 4 aromatic rings. The van der Waals surface area contributed by atoms with Gasteiger partial charge in [-0.3, -0.25) is 19.3 Å². The lowest BCUT2D eigenvalue weighted by Gasteiger charge is -2.43. The molecule has 1 aliphatic rings. The third-order valence-electron chi connectivity index (χ3n) is 6.64. The number of aryl methyl sites for hydroxylation is 2. The van der Waals surface area contributed by atoms with Crippen LogP contribution in [-0.2, 0) is 18.0 Å². The Hall–Kier alpha value is -3.86. The summed E-state index contributed by atoms with van der Waals surface area (Å²) in [5.74, 6) is 0.959. The SMILES string of the molecule is Cc1cc([C@H]2CN(c3cc4c(=O)n(C)c(C)nc4c(-c4ccc(C(F)(F)F)nc4)n3)CC(C)(C)O2)ccn1. The van der Waals surface area contributed by atoms with Gasteiger partial charge in [-0.15, -0.1) is 0 Å². The number of halogens is 3. The van der Waals surface area contributed by atoms with Crippen LogP contribution in [0, 0.1) is 13.8 Å². The highest BCUT2D eigenvalue weighted by Crippen LogP contribution is 2.36. The molecule has 0 saturated carbocycles. The Morgan fingerprint density at radius 1 is 1.08 bits per heavy atom. The van der Waals surface area contributed by atoms with E-state index in [0.717, 1.165) is 23.5 Å². The van der Waals surface area contributed by atoms with Gasteiger partial charge in [-0.05, 0) is 63.6 Å². The zero-order valence-electron chi connectivity index (χ0n) is 21.7. The van der Waals surface area contributed by atoms with Gasteiger partial charge in [0.2, 0.25) is 0 Å². The lowest BCUT2D eigenvalue weighted by Crippen LogP contribution is -2.50. The van der Waals surface area contributed by atoms with E-state index in [2.05, 4.69) is 15.0 Å². The first kappa shape index (κ1) is 25.8. The number of anilines is 1. The van der Waals surface area contributed by atoms with Crippen molar-refractivity contribution in [2.24, 2.45) is 7.05 Å². The molecule has 0 unspecified atom stereocenters. The molecule has 8 nitrogen and oxygen atoms in total. The van der Waals surface area contributed by atoms with Gasteiger partial charge in [0.1, 0.15) is 34.7 Å². The minimum Gasteiger partial charge on any atom is -0.364 e. The number of hydrogen-bond donors (Lipinski definition) is 0. The van der Waals surface area contributed by atoms with Crippen molar-refractivity contribution in [1.82, 2.24) is 24.5 Å². The fraction of sp³-hybridized carbons (Fsp3) is 0.370. The predicted molar refractivity (Wildman–Crippen MR) is 137 cm³/mol. The second-order valence-corrected chi connectivity index (χ2v) is 10.2. The summed E-state index contributed by atoms with van der Waals surface area (Å²) in [4.78, 5) is 32.6. The summed E-state index contributed by atoms with van der Waals surface area (Å²) in [6, 6.07) is 7.79. The summed E-state index contributed by atoms with van der Waals surface area (Å²) < 4.78 is 47.3. The monoisotopic (exact) mass is 524 g/mol. The van der Waals surface area contributed by atoms with Gasteiger partial charge < -0.3 is 9.64 Å². The van der Waals surface area contributed by atoms with Crippen LogP contribution in [0.3, 0.4) is 0 Å². The zero-order chi connectivity index (χ0) is 27.4. The molecule has 1 fully saturated rings. The molecule has 0 bridgehead atoms. The maximum Gasteiger partial charge on any atom is 0.433 e. The zero-order valence-corrected chi connectivity index (χ0v) is 21.7. The molecule has 4 aromatic heterocycles. The van der Waals surface area contributed by atoms with Gasteiger partial charge >= 0.3 is 6.18 Å². The van der Waals surface area contributed by atoms with Crippen molar-refractivity contribution in [2.45, 2.75) is 45.6 Å². The van der Waals surface area contributed by atoms with Crippen molar-refractivity contribution in [3.05, 3.63) is 75.9 Å². The Morgan fingerprint density at radius 3 is 2.50 bits per heavy atom. The fourth-order valence-electron chi connectivity index (χ4n) is 4.73. The molecule has 0 aliphatic carbocycles. The van der Waals surface area contributed by atoms with Gasteiger partial charge in [0.05, 0.1) is 11.0 Å². The van der Waals surface area contributed by atoms with E-state index in [1.54, 1.807) is 26.2 Å². The van der Waals surface area contributed by atoms with Crippen LogP contribution in [-0.4, -0.2) is 43.2 Å². The average Bonchev–Trinajstić information content (AvgIpc) is 2.85. The number of alkyl halides is 3. The maximum atomic E-state index is 13.3. The van der Waals surface area contributed by atoms with E-state index >= 15 is 0 Å². The molecule has 0 aromatic carbocycles. The third-order valence-corrected chi connectivity index (χ3v) is 6.64. The number of fused-ring (bicyclic) bond motifs is 1. The van der Waals surface area contributed by atoms with Crippen molar-refractivity contribution < 1.29 is 17.9 Å². The molecule has 0 N–H and O–H groups in total. The van der Waals surface area contributed by atoms with E-state index in [-0.39, 0.29) is 11.7 Å². The molecule has 0 radical (unpaired) electrons. The Balaban J connectivity index is 1.67. The van der Waals surface area contributed by atoms with Crippen LogP contribution in [0.4, 0.5) is 19.0 Å². The standard InChI is InChI=1S/C27H27F3N6O2/c1-15-10-17(8-9-31-15)20-13-36(14-26(3,4)38-20)22-11-19-24(33-16(2)35(5)25(19)37)23(34-22)18-6-7-21(32-12-18)27(28,29)30/h6-12,20H,13-14H2,1-5H3/t20-/m1/s1. The van der Waals surface area contributed by atoms with Crippen LogP contribution in [0.15, 0.2) is 47.5 Å². The highest BCUT2D eigenvalue weighted by atomic mass is 19.4. The van der Waals surface area contributed by atoms with Crippen LogP contribution in [0.25, 0.3) is 22.2 Å². The van der Waals surface area contributed by atoms with Gasteiger partial charge in [-0.25, -0.2) is 9.97 Å². The predicted octanol–water partition coefficient (Wildman–Crippen LogP) is 4.78. The molecule has 0 amide bonds. The van der Waals surface area contributed by atoms with E-state index in [0.29, 0.717) is 46.9 Å². The second-order valence-electron chi connectivity index (χ2n) is 10.2. The fourth-order valence-corrected chi connectivity index (χ4v) is 4.73. The van der Waals surface area contributed by atoms with Crippen molar-refractivity contribution in [1.29, 1.82) is 0 Å². The summed E-state index contributed by atoms with van der Waals surface area (Å²) in [6.07, 6.45) is -2.00. The van der Waals surface area contributed by atoms with Crippen LogP contribution >= 0.6 is 0 Å². The molecule has 0 spiro atoms. The molecular formula is C27H27F3N6O2. The van der Waals surface area contributed by atoms with Gasteiger partial charge in [0, 0.05) is 43.8 Å². The van der Waals surface area contributed by atoms with Crippen molar-refractivity contribution in [2.75, 3.05) is 18.0 Å². The van der Waals surface area contributed by atoms with Crippen LogP contribution in [0.5, 0.6) is 0 Å². The normalized spacial score (nSPS) is 17.7. The van der Waals surface area contributed by atoms with Crippen molar-refractivity contribution in [3.63, 3.8) is 0 Å². The first-order valence-electron chi connectivity index (χ1n) is 12.1. The molecule has 1 aliphatic heterocycles. The second kappa shape index (κ2) is 9.16. The van der Waals surface area contributed by atoms with Gasteiger partial charge in [0.15, 0.2) is 0 Å². The van der Waals surface area contributed by atoms with Gasteiger partial charge in [-0.1, -0.05) is 0 Å². The van der Waals surface area contributed by atoms with E-state index in [1.807, 2.05) is 37.8 Å². The summed E-state index contributed by atoms with van der Waals surface area (Å²) in [6.45, 7) is 8.49. The van der Waals surface area contributed by atoms with Crippen LogP contribution in [0.2, 0.25) is 0 Å². The van der Waals surface area contributed by atoms with Crippen LogP contribution < -0.4 is 10.5 Å². The number of rotatable bonds is 3. The lowest BCUT2D eigenvalue weighted by molar-refractivity contribution is -0.141. The number of pyridine rings is 3. The number of hydrogen-bond acceptors (Lipinski definition) is 7. The summed E-state index contributed by atoms with van der Waals surface area (Å²) in [7, 11) is 1.63. The van der Waals surface area contributed by atoms with Crippen molar-refractivity contribution in [3.8, 4) is 11.3 Å². The Morgan fingerprint density at radius 2 is 1.84 bits per heavy atom. The molecule has 1 atom stereocenters. The average molecular weight is 525 g/mol. The maximum absolute atomic E-state index is 13.3. The van der Waals surface area contributed by atoms with E-state index in [9.17, 15) is 18.0 Å². The van der Waals surface area contributed by atoms with E-state index in [1.165, 1.54) is 10.6 Å². The number of aromatic nitrogens is 5. The quantitative estimate of drug-likeness (QED) is 0.381. The summed E-state index contributed by atoms with van der Waals surface area (Å²) in [5, 5.41) is 0.318. The molecular weight excluding hydrogens is 497 g/mol. The molecule has 1 saturated heterocycles. The topological polar surface area (TPSA) is 86.0 Å². The largest absolute Gasteiger partial charge is 0.433 e. The molecule has 38 heavy (non-hydrogen) atoms. The summed E-state index contributed by atoms with van der Waals surface area (Å²) in [5.41, 5.74) is 0.939. The first-order valence-corrected chi connectivity index (χ1v) is 12.1. The Labute approximate surface area is 217 Å². The number of nitrogens with zero attached hydrogens (tertiary/aromatic N) is 6. The molecule has 5 heterocycles. The van der Waals surface area contributed by atoms with Crippen LogP contribution in [0.1, 0.15) is 42.7 Å². The molecule has 198 valence electrons. The van der Waals surface area contributed by atoms with E-state index < -0.39 is 17.5 Å². The Kier molecular flexibility index (Phi) is 6.21. The summed E-state index contributed by atoms with van der Waals surface area (Å²) >= 11 is 0. The third kappa shape index (κ3) is 4.85. The van der Waals surface area contributed by atoms with Gasteiger partial charge in [0.25, 0.3) is 5.56 Å². The van der Waals surface area contributed by atoms with Crippen molar-refractivity contribution >= 4 is 16.7 Å². The molecule has 5 rings (SSSR count). The minimum atomic E-state index is -4.57. The number of morpholine rings is 1. The van der Waals surface area contributed by atoms with Gasteiger partial charge in [-0.2, -0.15) is 13.2 Å². The minimum absolute atomic E-state index is 0.272. The smallest absolute Gasteiger partial charge is 0.364 e. The molecule has 11 heteroatoms. The number of ether oxygens (including phenoxy) is 1. The highest BCUT2D eigenvalue weighted by Gasteiger charge is 2.36. The van der Waals surface area contributed by atoms with E-state index in [4.69, 9.17) is 9.72 Å². The highest BCUT2D eigenvalue weighted by molar-refractivity contribution is 5.92. The lowest BCUT2D eigenvalue weighted by atomic mass is 10.0. The first-order chi connectivity index (χ1) is 17.8. The Bertz CT molecular complexity index is 1580.